The van der Waals surface area contributed by atoms with Gasteiger partial charge in [-0.15, -0.1) is 0 Å². The molecule has 20 heavy (non-hydrogen) atoms. The summed E-state index contributed by atoms with van der Waals surface area (Å²) < 4.78 is 5.79. The van der Waals surface area contributed by atoms with Crippen molar-refractivity contribution in [3.63, 3.8) is 0 Å². The van der Waals surface area contributed by atoms with Crippen LogP contribution in [0.25, 0.3) is 0 Å². The summed E-state index contributed by atoms with van der Waals surface area (Å²) in [7, 11) is 0. The summed E-state index contributed by atoms with van der Waals surface area (Å²) in [5, 5.41) is 0. The van der Waals surface area contributed by atoms with E-state index in [9.17, 15) is 4.79 Å². The van der Waals surface area contributed by atoms with E-state index in [0.29, 0.717) is 18.6 Å². The Hall–Kier alpha value is -0.610. The van der Waals surface area contributed by atoms with E-state index in [0.717, 1.165) is 58.2 Å². The van der Waals surface area contributed by atoms with Gasteiger partial charge < -0.3 is 15.4 Å². The molecule has 0 saturated carbocycles. The van der Waals surface area contributed by atoms with Gasteiger partial charge >= 0.3 is 0 Å². The smallest absolute Gasteiger partial charge is 0.225 e. The predicted molar refractivity (Wildman–Crippen MR) is 82.5 cm³/mol. The van der Waals surface area contributed by atoms with Crippen molar-refractivity contribution in [2.75, 3.05) is 26.2 Å². The molecule has 0 radical (unpaired) electrons. The molecule has 2 N–H and O–H groups in total. The minimum absolute atomic E-state index is 0.227. The fraction of sp³-hybridized carbons (Fsp3) is 0.938. The first-order valence-electron chi connectivity index (χ1n) is 8.33. The maximum atomic E-state index is 12.5. The Bertz CT molecular complexity index is 263. The summed E-state index contributed by atoms with van der Waals surface area (Å²) >= 11 is 0. The van der Waals surface area contributed by atoms with Crippen LogP contribution < -0.4 is 5.73 Å². The second kappa shape index (κ2) is 10.2. The molecule has 0 aliphatic carbocycles. The molecule has 1 amide bonds. The topological polar surface area (TPSA) is 55.6 Å². The van der Waals surface area contributed by atoms with Gasteiger partial charge in [-0.05, 0) is 38.6 Å². The number of carbonyl (C=O) groups is 1. The van der Waals surface area contributed by atoms with Crippen molar-refractivity contribution in [3.8, 4) is 0 Å². The van der Waals surface area contributed by atoms with Gasteiger partial charge in [0.05, 0.1) is 6.10 Å². The largest absolute Gasteiger partial charge is 0.378 e. The van der Waals surface area contributed by atoms with E-state index < -0.39 is 0 Å². The van der Waals surface area contributed by atoms with Gasteiger partial charge in [-0.3, -0.25) is 4.79 Å². The Balaban J connectivity index is 2.30. The Morgan fingerprint density at radius 3 is 2.55 bits per heavy atom. The summed E-state index contributed by atoms with van der Waals surface area (Å²) in [6.07, 6.45) is 7.52. The third kappa shape index (κ3) is 5.80. The Kier molecular flexibility index (Phi) is 8.86. The average molecular weight is 284 g/mol. The monoisotopic (exact) mass is 284 g/mol. The number of rotatable bonds is 9. The summed E-state index contributed by atoms with van der Waals surface area (Å²) in [4.78, 5) is 14.5. The molecule has 118 valence electrons. The lowest BCUT2D eigenvalue weighted by molar-refractivity contribution is -0.138. The predicted octanol–water partition coefficient (Wildman–Crippen LogP) is 2.56. The summed E-state index contributed by atoms with van der Waals surface area (Å²) in [5.41, 5.74) is 5.46. The number of unbranched alkanes of at least 4 members (excludes halogenated alkanes) is 1. The highest BCUT2D eigenvalue weighted by molar-refractivity contribution is 5.78. The lowest BCUT2D eigenvalue weighted by Crippen LogP contribution is -2.43. The molecule has 1 atom stereocenters. The zero-order valence-corrected chi connectivity index (χ0v) is 13.3. The number of carbonyl (C=O) groups excluding carboxylic acids is 1. The van der Waals surface area contributed by atoms with E-state index in [-0.39, 0.29) is 5.92 Å². The maximum Gasteiger partial charge on any atom is 0.225 e. The molecule has 0 aromatic carbocycles. The van der Waals surface area contributed by atoms with Crippen LogP contribution in [-0.2, 0) is 9.53 Å². The zero-order chi connectivity index (χ0) is 14.8. The van der Waals surface area contributed by atoms with Crippen molar-refractivity contribution in [1.29, 1.82) is 0 Å². The molecule has 1 aliphatic heterocycles. The number of nitrogens with two attached hydrogens (primary N) is 1. The lowest BCUT2D eigenvalue weighted by Gasteiger charge is -2.34. The van der Waals surface area contributed by atoms with Crippen LogP contribution in [0.2, 0.25) is 0 Å². The van der Waals surface area contributed by atoms with Crippen LogP contribution in [0.1, 0.15) is 58.8 Å². The highest BCUT2D eigenvalue weighted by Crippen LogP contribution is 2.20. The lowest BCUT2D eigenvalue weighted by atomic mass is 9.96. The minimum atomic E-state index is 0.227. The van der Waals surface area contributed by atoms with Gasteiger partial charge in [-0.2, -0.15) is 0 Å². The molecule has 0 aromatic rings. The van der Waals surface area contributed by atoms with Crippen molar-refractivity contribution < 1.29 is 9.53 Å². The third-order valence-electron chi connectivity index (χ3n) is 4.20. The van der Waals surface area contributed by atoms with E-state index in [1.807, 2.05) is 4.90 Å². The Morgan fingerprint density at radius 1 is 1.30 bits per heavy atom. The number of amides is 1. The van der Waals surface area contributed by atoms with Crippen LogP contribution in [0.5, 0.6) is 0 Å². The molecule has 1 aliphatic rings. The van der Waals surface area contributed by atoms with Gasteiger partial charge in [0, 0.05) is 25.6 Å². The fourth-order valence-corrected chi connectivity index (χ4v) is 2.79. The number of ether oxygens (including phenoxy) is 1. The molecule has 1 rings (SSSR count). The van der Waals surface area contributed by atoms with Gasteiger partial charge in [0.15, 0.2) is 0 Å². The van der Waals surface area contributed by atoms with Crippen LogP contribution in [0.15, 0.2) is 0 Å². The van der Waals surface area contributed by atoms with Gasteiger partial charge in [-0.25, -0.2) is 0 Å². The van der Waals surface area contributed by atoms with Crippen LogP contribution in [0.4, 0.5) is 0 Å². The maximum absolute atomic E-state index is 12.5. The first-order chi connectivity index (χ1) is 9.72. The van der Waals surface area contributed by atoms with Crippen molar-refractivity contribution >= 4 is 5.91 Å². The summed E-state index contributed by atoms with van der Waals surface area (Å²) in [6, 6.07) is 0. The molecule has 1 saturated heterocycles. The number of hydrogen-bond donors (Lipinski definition) is 1. The first-order valence-corrected chi connectivity index (χ1v) is 8.33. The highest BCUT2D eigenvalue weighted by Gasteiger charge is 2.27. The standard InChI is InChI=1S/C16H32N2O2/c1-3-5-7-14(4-2)16(19)18-11-8-15(9-12-18)20-13-6-10-17/h14-15H,3-13,17H2,1-2H3. The normalized spacial score (nSPS) is 18.2. The molecule has 0 aromatic heterocycles. The van der Waals surface area contributed by atoms with E-state index in [4.69, 9.17) is 10.5 Å². The van der Waals surface area contributed by atoms with Gasteiger partial charge in [0.2, 0.25) is 5.91 Å². The second-order valence-corrected chi connectivity index (χ2v) is 5.79. The van der Waals surface area contributed by atoms with Crippen molar-refractivity contribution in [2.45, 2.75) is 64.9 Å². The quantitative estimate of drug-likeness (QED) is 0.662. The number of nitrogens with zero attached hydrogens (tertiary/aromatic N) is 1. The molecule has 4 heteroatoms. The highest BCUT2D eigenvalue weighted by atomic mass is 16.5. The number of piperidine rings is 1. The first kappa shape index (κ1) is 17.4. The number of hydrogen-bond acceptors (Lipinski definition) is 3. The van der Waals surface area contributed by atoms with E-state index >= 15 is 0 Å². The van der Waals surface area contributed by atoms with E-state index in [2.05, 4.69) is 13.8 Å². The summed E-state index contributed by atoms with van der Waals surface area (Å²) in [5.74, 6) is 0.589. The van der Waals surface area contributed by atoms with Gasteiger partial charge in [0.25, 0.3) is 0 Å². The van der Waals surface area contributed by atoms with Crippen LogP contribution >= 0.6 is 0 Å². The molecule has 4 nitrogen and oxygen atoms in total. The van der Waals surface area contributed by atoms with Crippen molar-refractivity contribution in [1.82, 2.24) is 4.90 Å². The molecule has 0 bridgehead atoms. The van der Waals surface area contributed by atoms with Crippen LogP contribution in [0.3, 0.4) is 0 Å². The van der Waals surface area contributed by atoms with E-state index in [1.165, 1.54) is 6.42 Å². The molecule has 1 fully saturated rings. The summed E-state index contributed by atoms with van der Waals surface area (Å²) in [6.45, 7) is 7.46. The van der Waals surface area contributed by atoms with Gasteiger partial charge in [0.1, 0.15) is 0 Å². The third-order valence-corrected chi connectivity index (χ3v) is 4.20. The second-order valence-electron chi connectivity index (χ2n) is 5.79. The molecular weight excluding hydrogens is 252 g/mol. The van der Waals surface area contributed by atoms with Crippen LogP contribution in [0, 0.1) is 5.92 Å². The van der Waals surface area contributed by atoms with Crippen molar-refractivity contribution in [3.05, 3.63) is 0 Å². The van der Waals surface area contributed by atoms with Gasteiger partial charge in [-0.1, -0.05) is 26.7 Å². The SMILES string of the molecule is CCCCC(CC)C(=O)N1CCC(OCCCN)CC1. The Morgan fingerprint density at radius 2 is 2.00 bits per heavy atom. The van der Waals surface area contributed by atoms with Crippen molar-refractivity contribution in [2.24, 2.45) is 11.7 Å². The molecular formula is C16H32N2O2. The average Bonchev–Trinajstić information content (AvgIpc) is 2.49. The minimum Gasteiger partial charge on any atom is -0.378 e. The molecule has 0 spiro atoms. The molecule has 1 heterocycles. The Labute approximate surface area is 124 Å². The molecule has 1 unspecified atom stereocenters. The van der Waals surface area contributed by atoms with Crippen LogP contribution in [-0.4, -0.2) is 43.2 Å². The zero-order valence-electron chi connectivity index (χ0n) is 13.3. The fourth-order valence-electron chi connectivity index (χ4n) is 2.79. The number of likely N-dealkylation sites (tertiary alicyclic amines) is 1. The van der Waals surface area contributed by atoms with E-state index in [1.54, 1.807) is 0 Å².